The number of methoxy groups -OCH3 is 1. The number of hydrogen-bond donors (Lipinski definition) is 0. The van der Waals surface area contributed by atoms with Crippen LogP contribution in [0.5, 0.6) is 0 Å². The number of hydrogen-bond acceptors (Lipinski definition) is 5. The summed E-state index contributed by atoms with van der Waals surface area (Å²) >= 11 is 0. The average Bonchev–Trinajstić information content (AvgIpc) is 2.99. The van der Waals surface area contributed by atoms with E-state index in [0.29, 0.717) is 0 Å². The van der Waals surface area contributed by atoms with Crippen LogP contribution >= 0.6 is 0 Å². The summed E-state index contributed by atoms with van der Waals surface area (Å²) in [4.78, 5) is 13.3. The number of benzene rings is 1. The van der Waals surface area contributed by atoms with Crippen LogP contribution in [0.1, 0.15) is 33.3 Å². The van der Waals surface area contributed by atoms with Crippen molar-refractivity contribution in [1.29, 1.82) is 0 Å². The number of carbonyl (C=O) groups excluding carboxylic acids is 1. The average molecular weight is 422 g/mol. The number of esters is 1. The number of rotatable bonds is 6. The zero-order valence-corrected chi connectivity index (χ0v) is 18.8. The molecule has 0 aromatic heterocycles. The number of ether oxygens (including phenoxy) is 2. The van der Waals surface area contributed by atoms with E-state index < -0.39 is 33.6 Å². The number of sulfonamides is 1. The van der Waals surface area contributed by atoms with Gasteiger partial charge in [-0.15, -0.1) is 0 Å². The third-order valence-electron chi connectivity index (χ3n) is 4.86. The number of carbonyl (C=O) groups is 1. The standard InChI is InChI=1S/C22H31NO5S/c1-15(2)19-14-23(29(25,26)17-10-8-16(3)9-11-17)20(18(19)12-13-27-7)21(24)28-22(4,5)6/h8-13,18-20H,1,14H2,2-7H3/b13-12+/t18-,19-,20-/m0/s1. The van der Waals surface area contributed by atoms with Crippen LogP contribution in [0, 0.1) is 18.8 Å². The lowest BCUT2D eigenvalue weighted by Crippen LogP contribution is -2.45. The highest BCUT2D eigenvalue weighted by atomic mass is 32.2. The highest BCUT2D eigenvalue weighted by molar-refractivity contribution is 7.89. The van der Waals surface area contributed by atoms with Gasteiger partial charge in [0.25, 0.3) is 0 Å². The van der Waals surface area contributed by atoms with E-state index in [4.69, 9.17) is 9.47 Å². The summed E-state index contributed by atoms with van der Waals surface area (Å²) in [5, 5.41) is 0. The smallest absolute Gasteiger partial charge is 0.325 e. The Morgan fingerprint density at radius 3 is 2.31 bits per heavy atom. The van der Waals surface area contributed by atoms with E-state index in [0.717, 1.165) is 11.1 Å². The molecule has 1 saturated heterocycles. The van der Waals surface area contributed by atoms with Crippen molar-refractivity contribution in [1.82, 2.24) is 4.31 Å². The van der Waals surface area contributed by atoms with Crippen molar-refractivity contribution < 1.29 is 22.7 Å². The van der Waals surface area contributed by atoms with Crippen molar-refractivity contribution in [3.05, 3.63) is 54.3 Å². The molecule has 0 radical (unpaired) electrons. The summed E-state index contributed by atoms with van der Waals surface area (Å²) in [6.07, 6.45) is 3.19. The molecule has 3 atom stereocenters. The summed E-state index contributed by atoms with van der Waals surface area (Å²) in [7, 11) is -2.41. The summed E-state index contributed by atoms with van der Waals surface area (Å²) in [6.45, 7) is 13.2. The molecule has 29 heavy (non-hydrogen) atoms. The minimum atomic E-state index is -3.91. The minimum Gasteiger partial charge on any atom is -0.505 e. The highest BCUT2D eigenvalue weighted by Crippen LogP contribution is 2.39. The molecule has 0 saturated carbocycles. The van der Waals surface area contributed by atoms with Crippen LogP contribution in [-0.4, -0.2) is 44.0 Å². The molecule has 1 aliphatic rings. The Labute approximate surface area is 174 Å². The van der Waals surface area contributed by atoms with E-state index in [1.165, 1.54) is 17.7 Å². The molecule has 1 fully saturated rings. The Morgan fingerprint density at radius 2 is 1.83 bits per heavy atom. The first-order valence-electron chi connectivity index (χ1n) is 9.54. The van der Waals surface area contributed by atoms with Crippen LogP contribution in [0.2, 0.25) is 0 Å². The quantitative estimate of drug-likeness (QED) is 0.398. The maximum Gasteiger partial charge on any atom is 0.325 e. The normalized spacial score (nSPS) is 23.3. The van der Waals surface area contributed by atoms with E-state index in [-0.39, 0.29) is 17.4 Å². The van der Waals surface area contributed by atoms with Crippen molar-refractivity contribution in [2.24, 2.45) is 11.8 Å². The van der Waals surface area contributed by atoms with Gasteiger partial charge >= 0.3 is 5.97 Å². The molecular weight excluding hydrogens is 390 g/mol. The van der Waals surface area contributed by atoms with Crippen molar-refractivity contribution >= 4 is 16.0 Å². The van der Waals surface area contributed by atoms with Crippen LogP contribution < -0.4 is 0 Å². The van der Waals surface area contributed by atoms with Gasteiger partial charge < -0.3 is 9.47 Å². The van der Waals surface area contributed by atoms with Crippen LogP contribution in [0.25, 0.3) is 0 Å². The van der Waals surface area contributed by atoms with Gasteiger partial charge in [0, 0.05) is 18.4 Å². The van der Waals surface area contributed by atoms with Crippen LogP contribution in [0.15, 0.2) is 53.7 Å². The monoisotopic (exact) mass is 421 g/mol. The topological polar surface area (TPSA) is 72.9 Å². The van der Waals surface area contributed by atoms with Crippen LogP contribution in [0.3, 0.4) is 0 Å². The largest absolute Gasteiger partial charge is 0.505 e. The maximum atomic E-state index is 13.4. The molecule has 1 aromatic rings. The number of nitrogens with zero attached hydrogens (tertiary/aromatic N) is 1. The molecule has 0 aliphatic carbocycles. The third kappa shape index (κ3) is 5.28. The van der Waals surface area contributed by atoms with Gasteiger partial charge in [0.2, 0.25) is 10.0 Å². The fraction of sp³-hybridized carbons (Fsp3) is 0.500. The van der Waals surface area contributed by atoms with Gasteiger partial charge in [-0.2, -0.15) is 4.31 Å². The first-order valence-corrected chi connectivity index (χ1v) is 11.0. The number of aryl methyl sites for hydroxylation is 1. The van der Waals surface area contributed by atoms with E-state index in [9.17, 15) is 13.2 Å². The third-order valence-corrected chi connectivity index (χ3v) is 6.72. The Balaban J connectivity index is 2.57. The molecule has 6 nitrogen and oxygen atoms in total. The molecule has 160 valence electrons. The highest BCUT2D eigenvalue weighted by Gasteiger charge is 2.51. The summed E-state index contributed by atoms with van der Waals surface area (Å²) < 4.78 is 38.8. The Kier molecular flexibility index (Phi) is 6.96. The first-order chi connectivity index (χ1) is 13.4. The van der Waals surface area contributed by atoms with Gasteiger partial charge in [-0.3, -0.25) is 4.79 Å². The lowest BCUT2D eigenvalue weighted by molar-refractivity contribution is -0.159. The zero-order valence-electron chi connectivity index (χ0n) is 18.0. The summed E-state index contributed by atoms with van der Waals surface area (Å²) in [5.41, 5.74) is 1.01. The fourth-order valence-electron chi connectivity index (χ4n) is 3.46. The molecule has 1 aliphatic heterocycles. The van der Waals surface area contributed by atoms with Crippen molar-refractivity contribution in [3.63, 3.8) is 0 Å². The molecule has 0 bridgehead atoms. The van der Waals surface area contributed by atoms with E-state index in [1.54, 1.807) is 51.1 Å². The molecule has 0 N–H and O–H groups in total. The van der Waals surface area contributed by atoms with Gasteiger partial charge in [0.05, 0.1) is 18.3 Å². The summed E-state index contributed by atoms with van der Waals surface area (Å²) in [6, 6.07) is 5.60. The van der Waals surface area contributed by atoms with Crippen LogP contribution in [0.4, 0.5) is 0 Å². The maximum absolute atomic E-state index is 13.4. The first kappa shape index (κ1) is 23.2. The lowest BCUT2D eigenvalue weighted by atomic mass is 9.86. The predicted molar refractivity (Wildman–Crippen MR) is 113 cm³/mol. The van der Waals surface area contributed by atoms with Gasteiger partial charge in [-0.1, -0.05) is 29.8 Å². The second-order valence-electron chi connectivity index (χ2n) is 8.46. The molecule has 7 heteroatoms. The molecule has 2 rings (SSSR count). The van der Waals surface area contributed by atoms with E-state index in [2.05, 4.69) is 6.58 Å². The lowest BCUT2D eigenvalue weighted by Gasteiger charge is -2.29. The second-order valence-corrected chi connectivity index (χ2v) is 10.4. The summed E-state index contributed by atoms with van der Waals surface area (Å²) in [5.74, 6) is -1.26. The molecule has 1 aromatic carbocycles. The van der Waals surface area contributed by atoms with Crippen molar-refractivity contribution in [3.8, 4) is 0 Å². The Hall–Kier alpha value is -2.12. The van der Waals surface area contributed by atoms with Gasteiger partial charge in [-0.25, -0.2) is 8.42 Å². The van der Waals surface area contributed by atoms with Gasteiger partial charge in [-0.05, 0) is 52.8 Å². The van der Waals surface area contributed by atoms with Gasteiger partial charge in [0.1, 0.15) is 11.6 Å². The fourth-order valence-corrected chi connectivity index (χ4v) is 5.10. The van der Waals surface area contributed by atoms with Gasteiger partial charge in [0.15, 0.2) is 0 Å². The zero-order chi connectivity index (χ0) is 22.0. The molecular formula is C22H31NO5S. The Morgan fingerprint density at radius 1 is 1.24 bits per heavy atom. The van der Waals surface area contributed by atoms with E-state index >= 15 is 0 Å². The molecule has 0 amide bonds. The van der Waals surface area contributed by atoms with Crippen molar-refractivity contribution in [2.75, 3.05) is 13.7 Å². The van der Waals surface area contributed by atoms with Crippen molar-refractivity contribution in [2.45, 2.75) is 51.2 Å². The molecule has 0 spiro atoms. The SMILES string of the molecule is C=C(C)[C@@H]1CN(S(=O)(=O)c2ccc(C)cc2)[C@H](C(=O)OC(C)(C)C)[C@H]1/C=C/OC. The minimum absolute atomic E-state index is 0.147. The Bertz CT molecular complexity index is 881. The second kappa shape index (κ2) is 8.71. The molecule has 1 heterocycles. The predicted octanol–water partition coefficient (Wildman–Crippen LogP) is 3.68. The van der Waals surface area contributed by atoms with Crippen LogP contribution in [-0.2, 0) is 24.3 Å². The van der Waals surface area contributed by atoms with E-state index in [1.807, 2.05) is 13.8 Å². The molecule has 0 unspecified atom stereocenters.